The van der Waals surface area contributed by atoms with Crippen molar-refractivity contribution in [3.05, 3.63) is 12.2 Å². The van der Waals surface area contributed by atoms with Gasteiger partial charge < -0.3 is 5.11 Å². The fourth-order valence-electron chi connectivity index (χ4n) is 1.80. The molecule has 4 nitrogen and oxygen atoms in total. The second kappa shape index (κ2) is 7.39. The summed E-state index contributed by atoms with van der Waals surface area (Å²) < 4.78 is 1.72. The number of aliphatic hydroxyl groups excluding tert-OH is 1. The molecule has 0 aliphatic rings. The lowest BCUT2D eigenvalue weighted by Gasteiger charge is -2.09. The number of unbranched alkanes of at least 4 members (excludes halogenated alkanes) is 4. The van der Waals surface area contributed by atoms with Crippen LogP contribution in [0.1, 0.15) is 51.3 Å². The van der Waals surface area contributed by atoms with Crippen LogP contribution in [0.25, 0.3) is 0 Å². The quantitative estimate of drug-likeness (QED) is 0.689. The van der Waals surface area contributed by atoms with Crippen molar-refractivity contribution in [3.63, 3.8) is 0 Å². The lowest BCUT2D eigenvalue weighted by Crippen LogP contribution is -2.14. The molecule has 1 aromatic heterocycles. The third-order valence-electron chi connectivity index (χ3n) is 2.86. The van der Waals surface area contributed by atoms with Crippen LogP contribution in [0, 0.1) is 0 Å². The fraction of sp³-hybridized carbons (Fsp3) is 0.833. The van der Waals surface area contributed by atoms with Crippen LogP contribution in [0.3, 0.4) is 0 Å². The van der Waals surface area contributed by atoms with Crippen molar-refractivity contribution in [2.45, 2.75) is 58.0 Å². The molecule has 92 valence electrons. The van der Waals surface area contributed by atoms with E-state index in [0.717, 1.165) is 18.7 Å². The molecule has 0 radical (unpaired) electrons. The lowest BCUT2D eigenvalue weighted by molar-refractivity contribution is 0.157. The molecule has 4 heteroatoms. The summed E-state index contributed by atoms with van der Waals surface area (Å²) in [6.07, 6.45) is 8.94. The van der Waals surface area contributed by atoms with Crippen LogP contribution in [0.15, 0.2) is 6.33 Å². The molecule has 0 aliphatic heterocycles. The molecule has 1 aromatic rings. The molecule has 0 aromatic carbocycles. The van der Waals surface area contributed by atoms with Crippen molar-refractivity contribution < 1.29 is 5.11 Å². The predicted octanol–water partition coefficient (Wildman–Crippen LogP) is 2.08. The molecule has 1 atom stereocenters. The van der Waals surface area contributed by atoms with E-state index < -0.39 is 0 Å². The third-order valence-corrected chi connectivity index (χ3v) is 2.86. The summed E-state index contributed by atoms with van der Waals surface area (Å²) >= 11 is 0. The van der Waals surface area contributed by atoms with Gasteiger partial charge in [0.1, 0.15) is 12.2 Å². The molecule has 1 N–H and O–H groups in total. The number of aliphatic hydroxyl groups is 1. The van der Waals surface area contributed by atoms with Crippen LogP contribution in [-0.2, 0) is 13.5 Å². The molecule has 16 heavy (non-hydrogen) atoms. The predicted molar refractivity (Wildman–Crippen MR) is 64.1 cm³/mol. The first kappa shape index (κ1) is 13.2. The van der Waals surface area contributed by atoms with Crippen LogP contribution in [0.4, 0.5) is 0 Å². The number of aromatic nitrogens is 3. The SMILES string of the molecule is CCCCCCCC(O)Cc1ncnn1C. The molecule has 1 unspecified atom stereocenters. The normalized spacial score (nSPS) is 12.9. The lowest BCUT2D eigenvalue weighted by atomic mass is 10.1. The Kier molecular flexibility index (Phi) is 6.08. The van der Waals surface area contributed by atoms with Crippen LogP contribution in [-0.4, -0.2) is 26.0 Å². The second-order valence-corrected chi connectivity index (χ2v) is 4.36. The monoisotopic (exact) mass is 225 g/mol. The highest BCUT2D eigenvalue weighted by Gasteiger charge is 2.09. The fourth-order valence-corrected chi connectivity index (χ4v) is 1.80. The van der Waals surface area contributed by atoms with Gasteiger partial charge in [-0.1, -0.05) is 39.0 Å². The Bertz CT molecular complexity index is 286. The maximum Gasteiger partial charge on any atom is 0.138 e. The minimum absolute atomic E-state index is 0.274. The van der Waals surface area contributed by atoms with Gasteiger partial charge in [0.2, 0.25) is 0 Å². The average molecular weight is 225 g/mol. The molecular weight excluding hydrogens is 202 g/mol. The van der Waals surface area contributed by atoms with Crippen molar-refractivity contribution >= 4 is 0 Å². The Hall–Kier alpha value is -0.900. The van der Waals surface area contributed by atoms with Crippen LogP contribution in [0.5, 0.6) is 0 Å². The highest BCUT2D eigenvalue weighted by atomic mass is 16.3. The van der Waals surface area contributed by atoms with E-state index in [0.29, 0.717) is 6.42 Å². The van der Waals surface area contributed by atoms with E-state index in [1.54, 1.807) is 4.68 Å². The van der Waals surface area contributed by atoms with Crippen molar-refractivity contribution in [2.24, 2.45) is 7.05 Å². The maximum absolute atomic E-state index is 9.82. The first-order chi connectivity index (χ1) is 7.74. The van der Waals surface area contributed by atoms with Gasteiger partial charge in [0.15, 0.2) is 0 Å². The van der Waals surface area contributed by atoms with Crippen LogP contribution in [0.2, 0.25) is 0 Å². The van der Waals surface area contributed by atoms with Gasteiger partial charge in [0.05, 0.1) is 6.10 Å². The number of aryl methyl sites for hydroxylation is 1. The summed E-state index contributed by atoms with van der Waals surface area (Å²) in [7, 11) is 1.86. The summed E-state index contributed by atoms with van der Waals surface area (Å²) in [4.78, 5) is 4.11. The Labute approximate surface area is 97.7 Å². The summed E-state index contributed by atoms with van der Waals surface area (Å²) in [6.45, 7) is 2.21. The molecule has 1 rings (SSSR count). The Morgan fingerprint density at radius 1 is 1.31 bits per heavy atom. The molecule has 0 saturated carbocycles. The molecule has 0 amide bonds. The van der Waals surface area contributed by atoms with Crippen molar-refractivity contribution in [2.75, 3.05) is 0 Å². The van der Waals surface area contributed by atoms with E-state index in [-0.39, 0.29) is 6.10 Å². The Morgan fingerprint density at radius 2 is 2.06 bits per heavy atom. The van der Waals surface area contributed by atoms with Gasteiger partial charge in [0, 0.05) is 13.5 Å². The van der Waals surface area contributed by atoms with Gasteiger partial charge in [-0.2, -0.15) is 5.10 Å². The Balaban J connectivity index is 2.11. The zero-order valence-corrected chi connectivity index (χ0v) is 10.4. The van der Waals surface area contributed by atoms with E-state index in [1.807, 2.05) is 7.05 Å². The van der Waals surface area contributed by atoms with Gasteiger partial charge in [0.25, 0.3) is 0 Å². The number of rotatable bonds is 8. The zero-order chi connectivity index (χ0) is 11.8. The topological polar surface area (TPSA) is 50.9 Å². The van der Waals surface area contributed by atoms with Crippen molar-refractivity contribution in [3.8, 4) is 0 Å². The van der Waals surface area contributed by atoms with Gasteiger partial charge in [-0.05, 0) is 6.42 Å². The Morgan fingerprint density at radius 3 is 2.69 bits per heavy atom. The van der Waals surface area contributed by atoms with E-state index in [9.17, 15) is 5.11 Å². The van der Waals surface area contributed by atoms with Gasteiger partial charge >= 0.3 is 0 Å². The van der Waals surface area contributed by atoms with E-state index in [2.05, 4.69) is 17.0 Å². The average Bonchev–Trinajstić information content (AvgIpc) is 2.64. The second-order valence-electron chi connectivity index (χ2n) is 4.36. The highest BCUT2D eigenvalue weighted by Crippen LogP contribution is 2.09. The van der Waals surface area contributed by atoms with Gasteiger partial charge in [-0.25, -0.2) is 4.98 Å². The first-order valence-corrected chi connectivity index (χ1v) is 6.25. The molecule has 0 bridgehead atoms. The molecule has 0 fully saturated rings. The maximum atomic E-state index is 9.82. The summed E-state index contributed by atoms with van der Waals surface area (Å²) in [5.41, 5.74) is 0. The standard InChI is InChI=1S/C12H23N3O/c1-3-4-5-6-7-8-11(16)9-12-13-10-14-15(12)2/h10-11,16H,3-9H2,1-2H3. The first-order valence-electron chi connectivity index (χ1n) is 6.25. The largest absolute Gasteiger partial charge is 0.393 e. The van der Waals surface area contributed by atoms with Crippen molar-refractivity contribution in [1.82, 2.24) is 14.8 Å². The number of hydrogen-bond donors (Lipinski definition) is 1. The molecule has 1 heterocycles. The van der Waals surface area contributed by atoms with Crippen LogP contribution < -0.4 is 0 Å². The van der Waals surface area contributed by atoms with Crippen molar-refractivity contribution in [1.29, 1.82) is 0 Å². The van der Waals surface area contributed by atoms with E-state index >= 15 is 0 Å². The summed E-state index contributed by atoms with van der Waals surface area (Å²) in [5, 5.41) is 13.8. The van der Waals surface area contributed by atoms with Gasteiger partial charge in [-0.3, -0.25) is 4.68 Å². The van der Waals surface area contributed by atoms with E-state index in [4.69, 9.17) is 0 Å². The van der Waals surface area contributed by atoms with Crippen LogP contribution >= 0.6 is 0 Å². The summed E-state index contributed by atoms with van der Waals surface area (Å²) in [6, 6.07) is 0. The van der Waals surface area contributed by atoms with Gasteiger partial charge in [-0.15, -0.1) is 0 Å². The molecule has 0 spiro atoms. The van der Waals surface area contributed by atoms with E-state index in [1.165, 1.54) is 32.0 Å². The third kappa shape index (κ3) is 4.75. The summed E-state index contributed by atoms with van der Waals surface area (Å²) in [5.74, 6) is 0.862. The molecular formula is C12H23N3O. The number of nitrogens with zero attached hydrogens (tertiary/aromatic N) is 3. The smallest absolute Gasteiger partial charge is 0.138 e. The highest BCUT2D eigenvalue weighted by molar-refractivity contribution is 4.86. The minimum Gasteiger partial charge on any atom is -0.393 e. The molecule has 0 saturated heterocycles. The molecule has 0 aliphatic carbocycles. The minimum atomic E-state index is -0.274. The zero-order valence-electron chi connectivity index (χ0n) is 10.4. The number of hydrogen-bond acceptors (Lipinski definition) is 3.